The molecule has 0 spiro atoms. The average molecular weight is 420 g/mol. The first-order valence-electron chi connectivity index (χ1n) is 9.77. The average Bonchev–Trinajstić information content (AvgIpc) is 3.00. The number of benzene rings is 2. The molecule has 2 N–H and O–H groups in total. The van der Waals surface area contributed by atoms with Crippen molar-refractivity contribution in [2.75, 3.05) is 12.4 Å². The molecule has 1 atom stereocenters. The molecule has 9 nitrogen and oxygen atoms in total. The van der Waals surface area contributed by atoms with E-state index in [9.17, 15) is 24.0 Å². The molecule has 2 heterocycles. The van der Waals surface area contributed by atoms with Gasteiger partial charge in [0.1, 0.15) is 6.04 Å². The normalized spacial score (nSPS) is 18.0. The number of amides is 6. The van der Waals surface area contributed by atoms with Gasteiger partial charge in [0.25, 0.3) is 11.8 Å². The lowest BCUT2D eigenvalue weighted by atomic mass is 10.0. The van der Waals surface area contributed by atoms with Crippen LogP contribution >= 0.6 is 0 Å². The number of rotatable bonds is 4. The van der Waals surface area contributed by atoms with Crippen LogP contribution in [0.4, 0.5) is 10.5 Å². The summed E-state index contributed by atoms with van der Waals surface area (Å²) < 4.78 is 0. The molecular weight excluding hydrogens is 400 g/mol. The van der Waals surface area contributed by atoms with Gasteiger partial charge < -0.3 is 10.2 Å². The van der Waals surface area contributed by atoms with Crippen molar-refractivity contribution in [2.45, 2.75) is 25.4 Å². The Hall–Kier alpha value is -4.01. The third-order valence-electron chi connectivity index (χ3n) is 5.32. The molecule has 2 aromatic carbocycles. The number of nitrogens with zero attached hydrogens (tertiary/aromatic N) is 2. The molecule has 2 aliphatic rings. The third-order valence-corrected chi connectivity index (χ3v) is 5.32. The van der Waals surface area contributed by atoms with Gasteiger partial charge in [-0.25, -0.2) is 4.79 Å². The quantitative estimate of drug-likeness (QED) is 0.731. The van der Waals surface area contributed by atoms with E-state index in [4.69, 9.17) is 0 Å². The van der Waals surface area contributed by atoms with E-state index in [0.29, 0.717) is 6.54 Å². The van der Waals surface area contributed by atoms with Gasteiger partial charge >= 0.3 is 6.03 Å². The maximum absolute atomic E-state index is 13.1. The predicted molar refractivity (Wildman–Crippen MR) is 110 cm³/mol. The number of fused-ring (bicyclic) bond motifs is 1. The van der Waals surface area contributed by atoms with Gasteiger partial charge in [0.2, 0.25) is 11.8 Å². The van der Waals surface area contributed by atoms with E-state index in [1.54, 1.807) is 13.1 Å². The van der Waals surface area contributed by atoms with Crippen LogP contribution in [-0.2, 0) is 16.1 Å². The maximum Gasteiger partial charge on any atom is 0.321 e. The molecule has 0 radical (unpaired) electrons. The summed E-state index contributed by atoms with van der Waals surface area (Å²) in [5.41, 5.74) is 1.28. The van der Waals surface area contributed by atoms with E-state index in [2.05, 4.69) is 10.6 Å². The van der Waals surface area contributed by atoms with Crippen LogP contribution in [0.2, 0.25) is 0 Å². The molecule has 0 saturated carbocycles. The zero-order valence-corrected chi connectivity index (χ0v) is 16.8. The van der Waals surface area contributed by atoms with Crippen molar-refractivity contribution in [3.63, 3.8) is 0 Å². The first kappa shape index (κ1) is 20.3. The van der Waals surface area contributed by atoms with Crippen molar-refractivity contribution in [3.8, 4) is 0 Å². The SMILES string of the molecule is CN(Cc1ccccc1)C(=O)Nc1cccc2c1C(=O)N(C1CCC(=O)NC1=O)C2=O. The molecule has 6 amide bonds. The molecule has 0 bridgehead atoms. The van der Waals surface area contributed by atoms with Gasteiger partial charge in [-0.15, -0.1) is 0 Å². The summed E-state index contributed by atoms with van der Waals surface area (Å²) in [5, 5.41) is 4.85. The van der Waals surface area contributed by atoms with E-state index in [0.717, 1.165) is 10.5 Å². The number of piperidine rings is 1. The Labute approximate surface area is 178 Å². The number of urea groups is 1. The molecule has 2 aliphatic heterocycles. The van der Waals surface area contributed by atoms with E-state index in [1.165, 1.54) is 17.0 Å². The first-order chi connectivity index (χ1) is 14.9. The minimum Gasteiger partial charge on any atom is -0.323 e. The second-order valence-electron chi connectivity index (χ2n) is 7.45. The fraction of sp³-hybridized carbons (Fsp3) is 0.227. The second-order valence-corrected chi connectivity index (χ2v) is 7.45. The van der Waals surface area contributed by atoms with E-state index >= 15 is 0 Å². The van der Waals surface area contributed by atoms with Crippen molar-refractivity contribution in [1.82, 2.24) is 15.1 Å². The Bertz CT molecular complexity index is 1100. The van der Waals surface area contributed by atoms with Crippen molar-refractivity contribution in [1.29, 1.82) is 0 Å². The second kappa shape index (κ2) is 8.02. The van der Waals surface area contributed by atoms with E-state index in [1.807, 2.05) is 30.3 Å². The van der Waals surface area contributed by atoms with Crippen LogP contribution in [0, 0.1) is 0 Å². The van der Waals surface area contributed by atoms with E-state index < -0.39 is 35.7 Å². The smallest absolute Gasteiger partial charge is 0.321 e. The lowest BCUT2D eigenvalue weighted by Gasteiger charge is -2.27. The van der Waals surface area contributed by atoms with Crippen molar-refractivity contribution in [3.05, 3.63) is 65.2 Å². The zero-order valence-electron chi connectivity index (χ0n) is 16.8. The standard InChI is InChI=1S/C22H20N4O5/c1-25(12-13-6-3-2-4-7-13)22(31)23-15-9-5-8-14-18(15)21(30)26(20(14)29)16-10-11-17(27)24-19(16)28/h2-9,16H,10-12H2,1H3,(H,23,31)(H,24,27,28). The molecule has 1 fully saturated rings. The molecule has 158 valence electrons. The summed E-state index contributed by atoms with van der Waals surface area (Å²) in [5.74, 6) is -2.41. The molecule has 2 aromatic rings. The van der Waals surface area contributed by atoms with Crippen LogP contribution in [-0.4, -0.2) is 52.5 Å². The highest BCUT2D eigenvalue weighted by Crippen LogP contribution is 2.32. The number of carbonyl (C=O) groups excluding carboxylic acids is 5. The summed E-state index contributed by atoms with van der Waals surface area (Å²) in [6.45, 7) is 0.358. The Morgan fingerprint density at radius 2 is 1.81 bits per heavy atom. The molecule has 0 aliphatic carbocycles. The fourth-order valence-electron chi connectivity index (χ4n) is 3.76. The monoisotopic (exact) mass is 420 g/mol. The summed E-state index contributed by atoms with van der Waals surface area (Å²) >= 11 is 0. The molecule has 31 heavy (non-hydrogen) atoms. The number of hydrogen-bond acceptors (Lipinski definition) is 5. The summed E-state index contributed by atoms with van der Waals surface area (Å²) in [4.78, 5) is 64.6. The Kier molecular flexibility index (Phi) is 5.24. The van der Waals surface area contributed by atoms with Crippen LogP contribution in [0.1, 0.15) is 39.1 Å². The number of imide groups is 2. The van der Waals surface area contributed by atoms with Gasteiger partial charge in [0, 0.05) is 20.0 Å². The fourth-order valence-corrected chi connectivity index (χ4v) is 3.76. The zero-order chi connectivity index (χ0) is 22.1. The topological polar surface area (TPSA) is 116 Å². The number of hydrogen-bond donors (Lipinski definition) is 2. The van der Waals surface area contributed by atoms with Crippen LogP contribution in [0.15, 0.2) is 48.5 Å². The number of nitrogens with one attached hydrogen (secondary N) is 2. The van der Waals surface area contributed by atoms with Gasteiger partial charge in [-0.1, -0.05) is 36.4 Å². The highest BCUT2D eigenvalue weighted by atomic mass is 16.2. The highest BCUT2D eigenvalue weighted by molar-refractivity contribution is 6.26. The van der Waals surface area contributed by atoms with Gasteiger partial charge in [-0.2, -0.15) is 0 Å². The molecule has 0 aromatic heterocycles. The van der Waals surface area contributed by atoms with Crippen LogP contribution in [0.25, 0.3) is 0 Å². The summed E-state index contributed by atoms with van der Waals surface area (Å²) in [6.07, 6.45) is 0.106. The maximum atomic E-state index is 13.1. The van der Waals surface area contributed by atoms with Gasteiger partial charge in [-0.3, -0.25) is 29.4 Å². The molecule has 1 unspecified atom stereocenters. The Morgan fingerprint density at radius 1 is 1.06 bits per heavy atom. The Balaban J connectivity index is 1.55. The van der Waals surface area contributed by atoms with Crippen LogP contribution < -0.4 is 10.6 Å². The number of carbonyl (C=O) groups is 5. The summed E-state index contributed by atoms with van der Waals surface area (Å²) in [6, 6.07) is 12.5. The van der Waals surface area contributed by atoms with Crippen LogP contribution in [0.5, 0.6) is 0 Å². The Morgan fingerprint density at radius 3 is 2.52 bits per heavy atom. The first-order valence-corrected chi connectivity index (χ1v) is 9.77. The van der Waals surface area contributed by atoms with Gasteiger partial charge in [0.15, 0.2) is 0 Å². The molecular formula is C22H20N4O5. The van der Waals surface area contributed by atoms with Crippen LogP contribution in [0.3, 0.4) is 0 Å². The lowest BCUT2D eigenvalue weighted by Crippen LogP contribution is -2.54. The minimum absolute atomic E-state index is 0.0394. The molecule has 9 heteroatoms. The molecule has 1 saturated heterocycles. The largest absolute Gasteiger partial charge is 0.323 e. The van der Waals surface area contributed by atoms with Crippen molar-refractivity contribution in [2.24, 2.45) is 0 Å². The highest BCUT2D eigenvalue weighted by Gasteiger charge is 2.45. The van der Waals surface area contributed by atoms with Crippen molar-refractivity contribution < 1.29 is 24.0 Å². The van der Waals surface area contributed by atoms with Crippen molar-refractivity contribution >= 4 is 35.3 Å². The lowest BCUT2D eigenvalue weighted by molar-refractivity contribution is -0.136. The van der Waals surface area contributed by atoms with E-state index in [-0.39, 0.29) is 29.7 Å². The van der Waals surface area contributed by atoms with Gasteiger partial charge in [0.05, 0.1) is 16.8 Å². The number of anilines is 1. The van der Waals surface area contributed by atoms with Gasteiger partial charge in [-0.05, 0) is 24.1 Å². The predicted octanol–water partition coefficient (Wildman–Crippen LogP) is 1.75. The third kappa shape index (κ3) is 3.77. The minimum atomic E-state index is -1.06. The molecule has 4 rings (SSSR count). The summed E-state index contributed by atoms with van der Waals surface area (Å²) in [7, 11) is 1.62.